The van der Waals surface area contributed by atoms with E-state index in [2.05, 4.69) is 80.1 Å². The Morgan fingerprint density at radius 2 is 1.81 bits per heavy atom. The van der Waals surface area contributed by atoms with E-state index in [1.807, 2.05) is 0 Å². The van der Waals surface area contributed by atoms with Crippen LogP contribution in [0.5, 0.6) is 0 Å². The zero-order valence-electron chi connectivity index (χ0n) is 13.9. The molecular weight excluding hydrogens is 340 g/mol. The number of rotatable bonds is 4. The van der Waals surface area contributed by atoms with E-state index in [9.17, 15) is 0 Å². The second kappa shape index (κ2) is 6.39. The van der Waals surface area contributed by atoms with Crippen LogP contribution in [0, 0.1) is 0 Å². The van der Waals surface area contributed by atoms with E-state index < -0.39 is 8.32 Å². The molecule has 1 unspecified atom stereocenters. The van der Waals surface area contributed by atoms with Crippen molar-refractivity contribution in [2.45, 2.75) is 64.3 Å². The molecule has 1 atom stereocenters. The summed E-state index contributed by atoms with van der Waals surface area (Å²) in [4.78, 5) is 0. The highest BCUT2D eigenvalue weighted by Gasteiger charge is 2.41. The summed E-state index contributed by atoms with van der Waals surface area (Å²) in [6, 6.07) is 10.7. The normalized spacial score (nSPS) is 20.2. The van der Waals surface area contributed by atoms with Crippen molar-refractivity contribution < 1.29 is 4.43 Å². The molecule has 116 valence electrons. The third-order valence-corrected chi connectivity index (χ3v) is 10.2. The van der Waals surface area contributed by atoms with Crippen LogP contribution >= 0.6 is 15.9 Å². The molecule has 0 heterocycles. The number of hydrogen-bond acceptors (Lipinski definition) is 1. The first-order chi connectivity index (χ1) is 9.71. The molecule has 0 N–H and O–H groups in total. The van der Waals surface area contributed by atoms with Crippen molar-refractivity contribution in [1.29, 1.82) is 0 Å². The second-order valence-corrected chi connectivity index (χ2v) is 13.2. The Balaban J connectivity index is 2.14. The van der Waals surface area contributed by atoms with Gasteiger partial charge in [-0.3, -0.25) is 0 Å². The molecule has 1 aromatic rings. The van der Waals surface area contributed by atoms with Gasteiger partial charge in [-0.25, -0.2) is 0 Å². The maximum absolute atomic E-state index is 6.67. The fourth-order valence-electron chi connectivity index (χ4n) is 2.46. The summed E-state index contributed by atoms with van der Waals surface area (Å²) in [5.41, 5.74) is 2.82. The van der Waals surface area contributed by atoms with Gasteiger partial charge in [0.25, 0.3) is 0 Å². The van der Waals surface area contributed by atoms with Crippen LogP contribution in [-0.4, -0.2) is 14.4 Å². The zero-order valence-corrected chi connectivity index (χ0v) is 16.5. The van der Waals surface area contributed by atoms with E-state index in [4.69, 9.17) is 4.43 Å². The summed E-state index contributed by atoms with van der Waals surface area (Å²) in [5, 5.41) is 0.264. The predicted octanol–water partition coefficient (Wildman–Crippen LogP) is 6.06. The van der Waals surface area contributed by atoms with Crippen molar-refractivity contribution in [3.8, 4) is 0 Å². The van der Waals surface area contributed by atoms with Crippen LogP contribution < -0.4 is 0 Å². The van der Waals surface area contributed by atoms with E-state index in [0.29, 0.717) is 6.10 Å². The van der Waals surface area contributed by atoms with Crippen LogP contribution in [0.15, 0.2) is 40.4 Å². The van der Waals surface area contributed by atoms with E-state index in [1.54, 1.807) is 0 Å². The molecular formula is C18H27BrOSi. The minimum absolute atomic E-state index is 0.264. The lowest BCUT2D eigenvalue weighted by Crippen LogP contribution is -2.44. The van der Waals surface area contributed by atoms with Gasteiger partial charge in [0.15, 0.2) is 8.32 Å². The van der Waals surface area contributed by atoms with E-state index in [1.165, 1.54) is 15.6 Å². The number of hydrogen-bond donors (Lipinski definition) is 0. The summed E-state index contributed by atoms with van der Waals surface area (Å²) < 4.78 is 8.03. The average Bonchev–Trinajstić information content (AvgIpc) is 2.71. The van der Waals surface area contributed by atoms with Crippen LogP contribution in [0.3, 0.4) is 0 Å². The summed E-state index contributed by atoms with van der Waals surface area (Å²) in [6.07, 6.45) is 3.53. The largest absolute Gasteiger partial charge is 0.410 e. The van der Waals surface area contributed by atoms with Crippen molar-refractivity contribution in [3.63, 3.8) is 0 Å². The van der Waals surface area contributed by atoms with Gasteiger partial charge in [-0.1, -0.05) is 67.0 Å². The molecule has 0 bridgehead atoms. The maximum atomic E-state index is 6.67. The van der Waals surface area contributed by atoms with Crippen LogP contribution in [0.4, 0.5) is 0 Å². The van der Waals surface area contributed by atoms with E-state index >= 15 is 0 Å². The second-order valence-electron chi connectivity index (χ2n) is 7.50. The van der Waals surface area contributed by atoms with Gasteiger partial charge < -0.3 is 4.43 Å². The van der Waals surface area contributed by atoms with Crippen molar-refractivity contribution in [2.24, 2.45) is 0 Å². The predicted molar refractivity (Wildman–Crippen MR) is 97.4 cm³/mol. The third kappa shape index (κ3) is 4.08. The standard InChI is InChI=1S/C18H27BrOSi/c1-18(2,3)21(4,5)20-17-12-11-16(19)15(17)13-14-9-7-6-8-10-14/h6-10,17H,11-13H2,1-5H3. The SMILES string of the molecule is CC(C)(C)[Si](C)(C)OC1CCC(Br)=C1Cc1ccccc1. The van der Waals surface area contributed by atoms with Crippen molar-refractivity contribution in [2.75, 3.05) is 0 Å². The van der Waals surface area contributed by atoms with Gasteiger partial charge in [0.2, 0.25) is 0 Å². The lowest BCUT2D eigenvalue weighted by Gasteiger charge is -2.39. The molecule has 0 saturated heterocycles. The van der Waals surface area contributed by atoms with Gasteiger partial charge in [0, 0.05) is 0 Å². The fourth-order valence-corrected chi connectivity index (χ4v) is 4.40. The van der Waals surface area contributed by atoms with Gasteiger partial charge in [0.1, 0.15) is 0 Å². The van der Waals surface area contributed by atoms with E-state index in [-0.39, 0.29) is 5.04 Å². The lowest BCUT2D eigenvalue weighted by atomic mass is 10.0. The van der Waals surface area contributed by atoms with Crippen molar-refractivity contribution in [1.82, 2.24) is 0 Å². The molecule has 1 aliphatic rings. The number of allylic oxidation sites excluding steroid dienone is 1. The van der Waals surface area contributed by atoms with Gasteiger partial charge in [-0.15, -0.1) is 0 Å². The van der Waals surface area contributed by atoms with Gasteiger partial charge in [0.05, 0.1) is 6.10 Å². The van der Waals surface area contributed by atoms with Gasteiger partial charge in [-0.05, 0) is 53.0 Å². The van der Waals surface area contributed by atoms with Crippen molar-refractivity contribution >= 4 is 24.2 Å². The molecule has 0 amide bonds. The third-order valence-electron chi connectivity index (χ3n) is 4.84. The highest BCUT2D eigenvalue weighted by Crippen LogP contribution is 2.42. The van der Waals surface area contributed by atoms with Crippen LogP contribution in [-0.2, 0) is 10.8 Å². The maximum Gasteiger partial charge on any atom is 0.192 e. The van der Waals surface area contributed by atoms with Gasteiger partial charge in [-0.2, -0.15) is 0 Å². The number of halogens is 1. The minimum atomic E-state index is -1.71. The molecule has 0 spiro atoms. The zero-order chi connectivity index (χ0) is 15.7. The lowest BCUT2D eigenvalue weighted by molar-refractivity contribution is 0.212. The Bertz CT molecular complexity index is 514. The Morgan fingerprint density at radius 3 is 2.38 bits per heavy atom. The Kier molecular flexibility index (Phi) is 5.17. The van der Waals surface area contributed by atoms with Gasteiger partial charge >= 0.3 is 0 Å². The highest BCUT2D eigenvalue weighted by molar-refractivity contribution is 9.11. The molecule has 0 fully saturated rings. The summed E-state index contributed by atoms with van der Waals surface area (Å²) in [5.74, 6) is 0. The monoisotopic (exact) mass is 366 g/mol. The molecule has 21 heavy (non-hydrogen) atoms. The quantitative estimate of drug-likeness (QED) is 0.588. The molecule has 1 aliphatic carbocycles. The molecule has 0 aliphatic heterocycles. The molecule has 3 heteroatoms. The molecule has 1 nitrogen and oxygen atoms in total. The molecule has 0 saturated carbocycles. The first-order valence-corrected chi connectivity index (χ1v) is 11.5. The Labute approximate surface area is 139 Å². The van der Waals surface area contributed by atoms with E-state index in [0.717, 1.165) is 19.3 Å². The van der Waals surface area contributed by atoms with Crippen LogP contribution in [0.1, 0.15) is 39.2 Å². The molecule has 0 aromatic heterocycles. The van der Waals surface area contributed by atoms with Crippen LogP contribution in [0.25, 0.3) is 0 Å². The summed E-state index contributed by atoms with van der Waals surface area (Å²) in [6.45, 7) is 11.6. The molecule has 1 aromatic carbocycles. The van der Waals surface area contributed by atoms with Crippen LogP contribution in [0.2, 0.25) is 18.1 Å². The first-order valence-electron chi connectivity index (χ1n) is 7.80. The smallest absolute Gasteiger partial charge is 0.192 e. The summed E-state index contributed by atoms with van der Waals surface area (Å²) >= 11 is 3.78. The summed E-state index contributed by atoms with van der Waals surface area (Å²) in [7, 11) is -1.71. The molecule has 0 radical (unpaired) electrons. The minimum Gasteiger partial charge on any atom is -0.410 e. The number of benzene rings is 1. The topological polar surface area (TPSA) is 9.23 Å². The fraction of sp³-hybridized carbons (Fsp3) is 0.556. The average molecular weight is 367 g/mol. The van der Waals surface area contributed by atoms with Crippen molar-refractivity contribution in [3.05, 3.63) is 46.0 Å². The molecule has 2 rings (SSSR count). The Morgan fingerprint density at radius 1 is 1.19 bits per heavy atom. The highest BCUT2D eigenvalue weighted by atomic mass is 79.9. The Hall–Kier alpha value is -0.383. The first kappa shape index (κ1) is 17.0.